The Kier molecular flexibility index (Phi) is 5.80. The first-order chi connectivity index (χ1) is 7.96. The van der Waals surface area contributed by atoms with Crippen LogP contribution in [0, 0.1) is 11.3 Å². The summed E-state index contributed by atoms with van der Waals surface area (Å²) in [6.07, 6.45) is 0. The smallest absolute Gasteiger partial charge is 0.359 e. The SMILES string of the molecule is CC(C(=O)OCC[N+](C)(C)CC(=O)O)C(C)(C)C. The van der Waals surface area contributed by atoms with E-state index in [1.165, 1.54) is 0 Å². The second-order valence-electron chi connectivity index (χ2n) is 6.47. The number of hydrogen-bond acceptors (Lipinski definition) is 3. The Morgan fingerprint density at radius 2 is 1.78 bits per heavy atom. The highest BCUT2D eigenvalue weighted by molar-refractivity contribution is 5.72. The summed E-state index contributed by atoms with van der Waals surface area (Å²) in [5, 5.41) is 8.73. The van der Waals surface area contributed by atoms with Crippen molar-refractivity contribution in [1.82, 2.24) is 0 Å². The Hall–Kier alpha value is -1.10. The van der Waals surface area contributed by atoms with E-state index in [-0.39, 0.29) is 30.5 Å². The predicted molar refractivity (Wildman–Crippen MR) is 69.1 cm³/mol. The van der Waals surface area contributed by atoms with Gasteiger partial charge in [0.25, 0.3) is 0 Å². The summed E-state index contributed by atoms with van der Waals surface area (Å²) < 4.78 is 5.50. The molecule has 1 N–H and O–H groups in total. The maximum absolute atomic E-state index is 11.8. The molecule has 0 saturated heterocycles. The number of esters is 1. The third-order valence-corrected chi connectivity index (χ3v) is 3.16. The quantitative estimate of drug-likeness (QED) is 0.579. The Morgan fingerprint density at radius 1 is 1.28 bits per heavy atom. The van der Waals surface area contributed by atoms with Crippen LogP contribution in [0.2, 0.25) is 0 Å². The van der Waals surface area contributed by atoms with E-state index in [4.69, 9.17) is 9.84 Å². The monoisotopic (exact) mass is 260 g/mol. The van der Waals surface area contributed by atoms with E-state index in [0.29, 0.717) is 11.0 Å². The molecular weight excluding hydrogens is 234 g/mol. The van der Waals surface area contributed by atoms with Crippen LogP contribution in [-0.4, -0.2) is 55.3 Å². The minimum absolute atomic E-state index is 0.0202. The number of carbonyl (C=O) groups is 2. The molecule has 0 aliphatic rings. The van der Waals surface area contributed by atoms with Gasteiger partial charge in [0.1, 0.15) is 13.2 Å². The first-order valence-corrected chi connectivity index (χ1v) is 6.16. The van der Waals surface area contributed by atoms with Crippen molar-refractivity contribution in [2.45, 2.75) is 27.7 Å². The summed E-state index contributed by atoms with van der Waals surface area (Å²) in [6.45, 7) is 8.58. The molecule has 0 saturated carbocycles. The van der Waals surface area contributed by atoms with Crippen LogP contribution in [0.3, 0.4) is 0 Å². The Morgan fingerprint density at radius 3 is 2.17 bits per heavy atom. The number of hydrogen-bond donors (Lipinski definition) is 1. The van der Waals surface area contributed by atoms with Gasteiger partial charge in [-0.15, -0.1) is 0 Å². The molecule has 0 aliphatic carbocycles. The molecule has 0 aromatic carbocycles. The van der Waals surface area contributed by atoms with Crippen molar-refractivity contribution in [1.29, 1.82) is 0 Å². The predicted octanol–water partition coefficient (Wildman–Crippen LogP) is 1.37. The van der Waals surface area contributed by atoms with Gasteiger partial charge < -0.3 is 14.3 Å². The van der Waals surface area contributed by atoms with Crippen molar-refractivity contribution < 1.29 is 23.9 Å². The normalized spacial score (nSPS) is 14.1. The van der Waals surface area contributed by atoms with Gasteiger partial charge in [-0.25, -0.2) is 4.79 Å². The number of aliphatic carboxylic acids is 1. The van der Waals surface area contributed by atoms with Crippen molar-refractivity contribution in [3.05, 3.63) is 0 Å². The molecule has 0 fully saturated rings. The minimum Gasteiger partial charge on any atom is -0.477 e. The van der Waals surface area contributed by atoms with Gasteiger partial charge in [0.2, 0.25) is 0 Å². The lowest BCUT2D eigenvalue weighted by molar-refractivity contribution is -0.883. The fraction of sp³-hybridized carbons (Fsp3) is 0.846. The average molecular weight is 260 g/mol. The average Bonchev–Trinajstić information content (AvgIpc) is 2.12. The Labute approximate surface area is 109 Å². The summed E-state index contributed by atoms with van der Waals surface area (Å²) in [5.41, 5.74) is -0.122. The summed E-state index contributed by atoms with van der Waals surface area (Å²) in [5.74, 6) is -1.25. The van der Waals surface area contributed by atoms with Crippen molar-refractivity contribution in [2.75, 3.05) is 33.8 Å². The zero-order valence-electron chi connectivity index (χ0n) is 12.3. The molecule has 0 rings (SSSR count). The zero-order valence-corrected chi connectivity index (χ0v) is 12.3. The molecule has 5 nitrogen and oxygen atoms in total. The topological polar surface area (TPSA) is 63.6 Å². The molecule has 106 valence electrons. The van der Waals surface area contributed by atoms with E-state index < -0.39 is 5.97 Å². The van der Waals surface area contributed by atoms with E-state index >= 15 is 0 Å². The van der Waals surface area contributed by atoms with Gasteiger partial charge in [0.05, 0.1) is 20.0 Å². The molecule has 5 heteroatoms. The van der Waals surface area contributed by atoms with Gasteiger partial charge in [-0.2, -0.15) is 0 Å². The van der Waals surface area contributed by atoms with Crippen molar-refractivity contribution in [2.24, 2.45) is 11.3 Å². The molecule has 0 heterocycles. The highest BCUT2D eigenvalue weighted by Gasteiger charge is 2.28. The highest BCUT2D eigenvalue weighted by atomic mass is 16.5. The Balaban J connectivity index is 4.13. The van der Waals surface area contributed by atoms with Crippen LogP contribution in [0.5, 0.6) is 0 Å². The molecular formula is C13H26NO4+. The molecule has 0 bridgehead atoms. The third-order valence-electron chi connectivity index (χ3n) is 3.16. The van der Waals surface area contributed by atoms with Gasteiger partial charge in [-0.05, 0) is 5.41 Å². The van der Waals surface area contributed by atoms with Gasteiger partial charge >= 0.3 is 11.9 Å². The Bertz CT molecular complexity index is 305. The number of rotatable bonds is 6. The minimum atomic E-state index is -0.852. The maximum atomic E-state index is 11.8. The van der Waals surface area contributed by atoms with Crippen LogP contribution in [0.1, 0.15) is 27.7 Å². The number of carboxylic acid groups (broad SMARTS) is 1. The molecule has 0 radical (unpaired) electrons. The van der Waals surface area contributed by atoms with Crippen LogP contribution >= 0.6 is 0 Å². The number of ether oxygens (including phenoxy) is 1. The second-order valence-corrected chi connectivity index (χ2v) is 6.47. The molecule has 0 aromatic rings. The zero-order chi connectivity index (χ0) is 14.6. The van der Waals surface area contributed by atoms with Gasteiger partial charge in [0, 0.05) is 0 Å². The van der Waals surface area contributed by atoms with Crippen molar-refractivity contribution in [3.8, 4) is 0 Å². The molecule has 0 aliphatic heterocycles. The van der Waals surface area contributed by atoms with E-state index in [2.05, 4.69) is 0 Å². The number of carboxylic acids is 1. The van der Waals surface area contributed by atoms with Gasteiger partial charge in [-0.1, -0.05) is 27.7 Å². The maximum Gasteiger partial charge on any atom is 0.359 e. The van der Waals surface area contributed by atoms with Crippen molar-refractivity contribution in [3.63, 3.8) is 0 Å². The van der Waals surface area contributed by atoms with Crippen LogP contribution in [0.15, 0.2) is 0 Å². The number of carbonyl (C=O) groups excluding carboxylic acids is 1. The van der Waals surface area contributed by atoms with E-state index in [9.17, 15) is 9.59 Å². The second kappa shape index (κ2) is 6.18. The van der Waals surface area contributed by atoms with Crippen LogP contribution < -0.4 is 0 Å². The first-order valence-electron chi connectivity index (χ1n) is 6.16. The molecule has 0 aromatic heterocycles. The summed E-state index contributed by atoms with van der Waals surface area (Å²) >= 11 is 0. The van der Waals surface area contributed by atoms with E-state index in [1.807, 2.05) is 27.7 Å². The van der Waals surface area contributed by atoms with Gasteiger partial charge in [-0.3, -0.25) is 4.79 Å². The molecule has 18 heavy (non-hydrogen) atoms. The fourth-order valence-electron chi connectivity index (χ4n) is 1.32. The summed E-state index contributed by atoms with van der Waals surface area (Å²) in [6, 6.07) is 0. The van der Waals surface area contributed by atoms with E-state index in [1.54, 1.807) is 14.1 Å². The lowest BCUT2D eigenvalue weighted by atomic mass is 9.82. The van der Waals surface area contributed by atoms with Crippen LogP contribution in [-0.2, 0) is 14.3 Å². The summed E-state index contributed by atoms with van der Waals surface area (Å²) in [4.78, 5) is 22.4. The van der Waals surface area contributed by atoms with Crippen LogP contribution in [0.4, 0.5) is 0 Å². The molecule has 0 spiro atoms. The number of quaternary nitrogens is 1. The largest absolute Gasteiger partial charge is 0.477 e. The first kappa shape index (κ1) is 16.9. The summed E-state index contributed by atoms with van der Waals surface area (Å²) in [7, 11) is 3.60. The van der Waals surface area contributed by atoms with Gasteiger partial charge in [0.15, 0.2) is 6.54 Å². The lowest BCUT2D eigenvalue weighted by Crippen LogP contribution is -2.46. The standard InChI is InChI=1S/C13H25NO4/c1-10(13(2,3)4)12(17)18-8-7-14(5,6)9-11(15)16/h10H,7-9H2,1-6H3/p+1. The lowest BCUT2D eigenvalue weighted by Gasteiger charge is -2.29. The van der Waals surface area contributed by atoms with Crippen LogP contribution in [0.25, 0.3) is 0 Å². The number of likely N-dealkylation sites (N-methyl/N-ethyl adjacent to an activating group) is 1. The highest BCUT2D eigenvalue weighted by Crippen LogP contribution is 2.26. The van der Waals surface area contributed by atoms with Crippen molar-refractivity contribution >= 4 is 11.9 Å². The molecule has 0 amide bonds. The fourth-order valence-corrected chi connectivity index (χ4v) is 1.32. The molecule has 1 unspecified atom stereocenters. The number of nitrogens with zero attached hydrogens (tertiary/aromatic N) is 1. The third kappa shape index (κ3) is 6.59. The molecule has 1 atom stereocenters. The van der Waals surface area contributed by atoms with E-state index in [0.717, 1.165) is 0 Å².